The van der Waals surface area contributed by atoms with Gasteiger partial charge in [0, 0.05) is 30.9 Å². The van der Waals surface area contributed by atoms with Crippen LogP contribution in [0.4, 0.5) is 13.6 Å². The molecule has 2 aliphatic rings. The standard InChI is InChI=1S/C29H34F2N4O5/c1-29(2,3)40-28(37)34-10-7-17(8-11-34)18-9-12-35-21(16-32-24(35)15-18)19-13-22(38-4)25(23(14-19)39-27(30)31)26(36)33-20-5-6-20/h9,12-17,20,27H,5-8,10-11H2,1-4H3,(H,33,36). The van der Waals surface area contributed by atoms with E-state index in [-0.39, 0.29) is 35.1 Å². The number of ether oxygens (including phenoxy) is 3. The number of nitrogens with zero attached hydrogens (tertiary/aromatic N) is 3. The monoisotopic (exact) mass is 556 g/mol. The van der Waals surface area contributed by atoms with E-state index in [9.17, 15) is 18.4 Å². The van der Waals surface area contributed by atoms with Crippen LogP contribution in [0.3, 0.4) is 0 Å². The van der Waals surface area contributed by atoms with Gasteiger partial charge in [-0.05, 0) is 82.2 Å². The van der Waals surface area contributed by atoms with Gasteiger partial charge in [-0.3, -0.25) is 9.20 Å². The molecule has 1 N–H and O–H groups in total. The van der Waals surface area contributed by atoms with E-state index in [0.29, 0.717) is 30.0 Å². The van der Waals surface area contributed by atoms with Gasteiger partial charge in [-0.2, -0.15) is 8.78 Å². The molecule has 1 saturated carbocycles. The van der Waals surface area contributed by atoms with Crippen molar-refractivity contribution in [3.8, 4) is 22.8 Å². The lowest BCUT2D eigenvalue weighted by Crippen LogP contribution is -2.41. The first-order chi connectivity index (χ1) is 19.0. The molecule has 0 bridgehead atoms. The molecule has 2 fully saturated rings. The van der Waals surface area contributed by atoms with Crippen molar-refractivity contribution in [1.29, 1.82) is 0 Å². The molecule has 11 heteroatoms. The second-order valence-electron chi connectivity index (χ2n) is 11.3. The molecule has 5 rings (SSSR count). The van der Waals surface area contributed by atoms with Crippen LogP contribution in [0.2, 0.25) is 0 Å². The number of alkyl halides is 2. The molecule has 0 atom stereocenters. The summed E-state index contributed by atoms with van der Waals surface area (Å²) in [6, 6.07) is 7.10. The molecule has 214 valence electrons. The average Bonchev–Trinajstić information content (AvgIpc) is 3.61. The summed E-state index contributed by atoms with van der Waals surface area (Å²) in [5.41, 5.74) is 2.35. The third-order valence-corrected chi connectivity index (χ3v) is 7.09. The van der Waals surface area contributed by atoms with Gasteiger partial charge in [0.2, 0.25) is 0 Å². The SMILES string of the molecule is COc1cc(-c2cnc3cc(C4CCN(C(=O)OC(C)(C)C)CC4)ccn23)cc(OC(F)F)c1C(=O)NC1CC1. The number of rotatable bonds is 7. The predicted molar refractivity (Wildman–Crippen MR) is 144 cm³/mol. The molecule has 40 heavy (non-hydrogen) atoms. The van der Waals surface area contributed by atoms with Gasteiger partial charge in [0.15, 0.2) is 0 Å². The lowest BCUT2D eigenvalue weighted by atomic mass is 9.90. The number of fused-ring (bicyclic) bond motifs is 1. The smallest absolute Gasteiger partial charge is 0.410 e. The minimum Gasteiger partial charge on any atom is -0.496 e. The van der Waals surface area contributed by atoms with E-state index in [2.05, 4.69) is 10.3 Å². The first-order valence-corrected chi connectivity index (χ1v) is 13.5. The number of pyridine rings is 1. The van der Waals surface area contributed by atoms with Crippen molar-refractivity contribution in [2.45, 2.75) is 70.6 Å². The van der Waals surface area contributed by atoms with E-state index in [1.165, 1.54) is 13.2 Å². The number of amides is 2. The Hall–Kier alpha value is -3.89. The average molecular weight is 557 g/mol. The maximum absolute atomic E-state index is 13.3. The van der Waals surface area contributed by atoms with Crippen molar-refractivity contribution >= 4 is 17.6 Å². The predicted octanol–water partition coefficient (Wildman–Crippen LogP) is 5.62. The van der Waals surface area contributed by atoms with Crippen LogP contribution in [-0.4, -0.2) is 64.7 Å². The number of halogens is 2. The third kappa shape index (κ3) is 6.13. The zero-order valence-corrected chi connectivity index (χ0v) is 23.1. The van der Waals surface area contributed by atoms with Crippen LogP contribution in [0, 0.1) is 0 Å². The molecule has 3 aromatic rings. The summed E-state index contributed by atoms with van der Waals surface area (Å²) in [6.45, 7) is 3.67. The molecule has 3 heterocycles. The lowest BCUT2D eigenvalue weighted by Gasteiger charge is -2.33. The Bertz CT molecular complexity index is 1410. The number of imidazole rings is 1. The van der Waals surface area contributed by atoms with Gasteiger partial charge in [0.25, 0.3) is 5.91 Å². The van der Waals surface area contributed by atoms with E-state index < -0.39 is 18.1 Å². The number of nitrogens with one attached hydrogen (secondary N) is 1. The summed E-state index contributed by atoms with van der Waals surface area (Å²) < 4.78 is 44.2. The minimum atomic E-state index is -3.11. The molecule has 0 radical (unpaired) electrons. The van der Waals surface area contributed by atoms with Crippen LogP contribution in [0.1, 0.15) is 68.3 Å². The molecular weight excluding hydrogens is 522 g/mol. The van der Waals surface area contributed by atoms with E-state index >= 15 is 0 Å². The molecule has 1 aliphatic carbocycles. The second-order valence-corrected chi connectivity index (χ2v) is 11.3. The highest BCUT2D eigenvalue weighted by Gasteiger charge is 2.30. The highest BCUT2D eigenvalue weighted by atomic mass is 19.3. The summed E-state index contributed by atoms with van der Waals surface area (Å²) in [5, 5.41) is 2.81. The molecule has 1 aliphatic heterocycles. The zero-order valence-electron chi connectivity index (χ0n) is 23.1. The van der Waals surface area contributed by atoms with Crippen LogP contribution >= 0.6 is 0 Å². The highest BCUT2D eigenvalue weighted by molar-refractivity contribution is 6.01. The van der Waals surface area contributed by atoms with Crippen molar-refractivity contribution in [3.63, 3.8) is 0 Å². The Labute approximate surface area is 231 Å². The van der Waals surface area contributed by atoms with E-state index in [4.69, 9.17) is 14.2 Å². The number of aromatic nitrogens is 2. The fraction of sp³-hybridized carbons (Fsp3) is 0.483. The first-order valence-electron chi connectivity index (χ1n) is 13.5. The summed E-state index contributed by atoms with van der Waals surface area (Å²) in [5.74, 6) is -0.373. The maximum atomic E-state index is 13.3. The summed E-state index contributed by atoms with van der Waals surface area (Å²) >= 11 is 0. The summed E-state index contributed by atoms with van der Waals surface area (Å²) in [6.07, 6.45) is 6.56. The van der Waals surface area contributed by atoms with Crippen LogP contribution in [0.5, 0.6) is 11.5 Å². The molecule has 2 aromatic heterocycles. The van der Waals surface area contributed by atoms with Crippen molar-refractivity contribution in [2.24, 2.45) is 0 Å². The number of hydrogen-bond donors (Lipinski definition) is 1. The number of methoxy groups -OCH3 is 1. The van der Waals surface area contributed by atoms with Gasteiger partial charge in [0.05, 0.1) is 19.0 Å². The van der Waals surface area contributed by atoms with Gasteiger partial charge in [-0.1, -0.05) is 0 Å². The van der Waals surface area contributed by atoms with E-state index in [1.54, 1.807) is 17.2 Å². The van der Waals surface area contributed by atoms with Gasteiger partial charge >= 0.3 is 12.7 Å². The highest BCUT2D eigenvalue weighted by Crippen LogP contribution is 2.37. The Morgan fingerprint density at radius 3 is 2.40 bits per heavy atom. The number of hydrogen-bond acceptors (Lipinski definition) is 6. The molecule has 2 amide bonds. The molecule has 0 unspecified atom stereocenters. The van der Waals surface area contributed by atoms with Crippen molar-refractivity contribution in [1.82, 2.24) is 19.6 Å². The molecule has 1 aromatic carbocycles. The Kier molecular flexibility index (Phi) is 7.57. The van der Waals surface area contributed by atoms with Crippen LogP contribution in [0.15, 0.2) is 36.7 Å². The number of piperidine rings is 1. The number of likely N-dealkylation sites (tertiary alicyclic amines) is 1. The van der Waals surface area contributed by atoms with E-state index in [1.807, 2.05) is 43.5 Å². The second kappa shape index (κ2) is 10.9. The lowest BCUT2D eigenvalue weighted by molar-refractivity contribution is -0.0502. The maximum Gasteiger partial charge on any atom is 0.410 e. The third-order valence-electron chi connectivity index (χ3n) is 7.09. The van der Waals surface area contributed by atoms with E-state index in [0.717, 1.165) is 31.2 Å². The normalized spacial score (nSPS) is 16.3. The number of carbonyl (C=O) groups is 2. The minimum absolute atomic E-state index is 0.0359. The van der Waals surface area contributed by atoms with Crippen molar-refractivity contribution < 1.29 is 32.6 Å². The summed E-state index contributed by atoms with van der Waals surface area (Å²) in [7, 11) is 1.38. The molecular formula is C29H34F2N4O5. The zero-order chi connectivity index (χ0) is 28.6. The number of carbonyl (C=O) groups excluding carboxylic acids is 2. The van der Waals surface area contributed by atoms with Gasteiger partial charge in [-0.15, -0.1) is 0 Å². The fourth-order valence-corrected chi connectivity index (χ4v) is 4.98. The van der Waals surface area contributed by atoms with Gasteiger partial charge in [0.1, 0.15) is 28.3 Å². The molecule has 9 nitrogen and oxygen atoms in total. The quantitative estimate of drug-likeness (QED) is 0.406. The van der Waals surface area contributed by atoms with Gasteiger partial charge in [-0.25, -0.2) is 9.78 Å². The Morgan fingerprint density at radius 2 is 1.77 bits per heavy atom. The molecule has 0 spiro atoms. The topological polar surface area (TPSA) is 94.4 Å². The number of benzene rings is 1. The van der Waals surface area contributed by atoms with Crippen molar-refractivity contribution in [3.05, 3.63) is 47.8 Å². The Balaban J connectivity index is 1.39. The van der Waals surface area contributed by atoms with Crippen LogP contribution in [0.25, 0.3) is 16.9 Å². The first kappa shape index (κ1) is 27.7. The largest absolute Gasteiger partial charge is 0.496 e. The molecule has 1 saturated heterocycles. The van der Waals surface area contributed by atoms with Crippen LogP contribution in [-0.2, 0) is 4.74 Å². The fourth-order valence-electron chi connectivity index (χ4n) is 4.98. The Morgan fingerprint density at radius 1 is 1.07 bits per heavy atom. The van der Waals surface area contributed by atoms with Crippen LogP contribution < -0.4 is 14.8 Å². The summed E-state index contributed by atoms with van der Waals surface area (Å²) in [4.78, 5) is 31.5. The van der Waals surface area contributed by atoms with Crippen molar-refractivity contribution in [2.75, 3.05) is 20.2 Å². The van der Waals surface area contributed by atoms with Gasteiger partial charge < -0.3 is 24.4 Å².